The summed E-state index contributed by atoms with van der Waals surface area (Å²) < 4.78 is 15.5. The number of carbonyl (C=O) groups is 1. The number of nitrogens with zero attached hydrogens (tertiary/aromatic N) is 4. The van der Waals surface area contributed by atoms with Crippen LogP contribution in [0.3, 0.4) is 0 Å². The highest BCUT2D eigenvalue weighted by molar-refractivity contribution is 7.99. The van der Waals surface area contributed by atoms with Crippen LogP contribution in [0, 0.1) is 5.82 Å². The number of para-hydroxylation sites is 1. The van der Waals surface area contributed by atoms with E-state index in [1.807, 2.05) is 42.5 Å². The molecule has 1 N–H and O–H groups in total. The van der Waals surface area contributed by atoms with Crippen LogP contribution in [0.25, 0.3) is 22.1 Å². The van der Waals surface area contributed by atoms with Crippen molar-refractivity contribution < 1.29 is 9.18 Å². The molecule has 3 aromatic carbocycles. The van der Waals surface area contributed by atoms with E-state index in [4.69, 9.17) is 4.98 Å². The van der Waals surface area contributed by atoms with Gasteiger partial charge in [-0.2, -0.15) is 0 Å². The molecule has 0 fully saturated rings. The lowest BCUT2D eigenvalue weighted by atomic mass is 10.1. The molecule has 0 aliphatic carbocycles. The number of benzene rings is 3. The Labute approximate surface area is 213 Å². The number of carbonyl (C=O) groups excluding carboxylic acids is 1. The number of halogens is 1. The third-order valence-electron chi connectivity index (χ3n) is 5.97. The molecule has 8 heteroatoms. The third-order valence-corrected chi connectivity index (χ3v) is 6.89. The first-order chi connectivity index (χ1) is 17.7. The highest BCUT2D eigenvalue weighted by Crippen LogP contribution is 2.28. The largest absolute Gasteiger partial charge is 0.356 e. The van der Waals surface area contributed by atoms with E-state index in [0.29, 0.717) is 24.7 Å². The summed E-state index contributed by atoms with van der Waals surface area (Å²) in [5.41, 5.74) is 4.69. The number of fused-ring (bicyclic) bond motifs is 3. The Morgan fingerprint density at radius 2 is 1.69 bits per heavy atom. The van der Waals surface area contributed by atoms with Gasteiger partial charge in [0.1, 0.15) is 11.3 Å². The lowest BCUT2D eigenvalue weighted by Crippen LogP contribution is -2.25. The van der Waals surface area contributed by atoms with Gasteiger partial charge in [0.2, 0.25) is 11.1 Å². The summed E-state index contributed by atoms with van der Waals surface area (Å²) in [6, 6.07) is 24.6. The molecule has 2 heterocycles. The summed E-state index contributed by atoms with van der Waals surface area (Å²) >= 11 is 1.50. The molecule has 0 radical (unpaired) electrons. The van der Waals surface area contributed by atoms with E-state index in [1.54, 1.807) is 12.1 Å². The van der Waals surface area contributed by atoms with Crippen molar-refractivity contribution in [2.45, 2.75) is 31.0 Å². The SMILES string of the molecule is O=C(CCCSc1nnc2c3ccccc3n(Cc3ccc(F)cc3)c2n1)NCCc1ccccc1. The first kappa shape index (κ1) is 23.9. The van der Waals surface area contributed by atoms with Crippen LogP contribution in [0.1, 0.15) is 24.0 Å². The number of hydrogen-bond donors (Lipinski definition) is 1. The maximum atomic E-state index is 13.4. The molecule has 5 rings (SSSR count). The molecular weight excluding hydrogens is 473 g/mol. The number of rotatable bonds is 10. The van der Waals surface area contributed by atoms with E-state index in [0.717, 1.165) is 46.2 Å². The van der Waals surface area contributed by atoms with Crippen molar-refractivity contribution in [1.82, 2.24) is 25.1 Å². The van der Waals surface area contributed by atoms with Crippen molar-refractivity contribution in [3.63, 3.8) is 0 Å². The Morgan fingerprint density at radius 1 is 0.917 bits per heavy atom. The Balaban J connectivity index is 1.21. The van der Waals surface area contributed by atoms with Crippen LogP contribution >= 0.6 is 11.8 Å². The normalized spacial score (nSPS) is 11.2. The molecule has 182 valence electrons. The summed E-state index contributed by atoms with van der Waals surface area (Å²) in [6.07, 6.45) is 2.01. The molecule has 1 amide bonds. The smallest absolute Gasteiger partial charge is 0.220 e. The predicted octanol–water partition coefficient (Wildman–Crippen LogP) is 5.40. The monoisotopic (exact) mass is 499 g/mol. The minimum Gasteiger partial charge on any atom is -0.356 e. The van der Waals surface area contributed by atoms with Crippen LogP contribution in [0.15, 0.2) is 84.0 Å². The average molecular weight is 500 g/mol. The molecular formula is C28H26FN5OS. The number of hydrogen-bond acceptors (Lipinski definition) is 5. The molecule has 2 aromatic heterocycles. The molecule has 0 aliphatic heterocycles. The van der Waals surface area contributed by atoms with Gasteiger partial charge in [-0.25, -0.2) is 9.37 Å². The Morgan fingerprint density at radius 3 is 2.53 bits per heavy atom. The predicted molar refractivity (Wildman–Crippen MR) is 141 cm³/mol. The highest BCUT2D eigenvalue weighted by Gasteiger charge is 2.15. The van der Waals surface area contributed by atoms with Crippen LogP contribution in [-0.2, 0) is 17.8 Å². The molecule has 0 saturated carbocycles. The Bertz CT molecular complexity index is 1470. The van der Waals surface area contributed by atoms with Crippen LogP contribution < -0.4 is 5.32 Å². The molecule has 6 nitrogen and oxygen atoms in total. The minimum atomic E-state index is -0.256. The molecule has 0 saturated heterocycles. The fourth-order valence-electron chi connectivity index (χ4n) is 4.16. The molecule has 36 heavy (non-hydrogen) atoms. The van der Waals surface area contributed by atoms with Gasteiger partial charge in [-0.1, -0.05) is 72.4 Å². The van der Waals surface area contributed by atoms with Crippen LogP contribution in [0.2, 0.25) is 0 Å². The van der Waals surface area contributed by atoms with E-state index < -0.39 is 0 Å². The van der Waals surface area contributed by atoms with E-state index in [2.05, 4.69) is 32.2 Å². The van der Waals surface area contributed by atoms with Gasteiger partial charge in [-0.15, -0.1) is 10.2 Å². The maximum Gasteiger partial charge on any atom is 0.220 e. The van der Waals surface area contributed by atoms with E-state index in [-0.39, 0.29) is 11.7 Å². The van der Waals surface area contributed by atoms with Crippen LogP contribution in [-0.4, -0.2) is 38.0 Å². The number of amides is 1. The van der Waals surface area contributed by atoms with Gasteiger partial charge in [-0.05, 0) is 42.2 Å². The van der Waals surface area contributed by atoms with Gasteiger partial charge >= 0.3 is 0 Å². The van der Waals surface area contributed by atoms with Gasteiger partial charge < -0.3 is 9.88 Å². The molecule has 0 unspecified atom stereocenters. The average Bonchev–Trinajstić information content (AvgIpc) is 3.21. The zero-order valence-corrected chi connectivity index (χ0v) is 20.5. The van der Waals surface area contributed by atoms with Gasteiger partial charge in [0.25, 0.3) is 0 Å². The molecule has 0 aliphatic rings. The van der Waals surface area contributed by atoms with E-state index in [1.165, 1.54) is 29.5 Å². The maximum absolute atomic E-state index is 13.4. The summed E-state index contributed by atoms with van der Waals surface area (Å²) in [7, 11) is 0. The topological polar surface area (TPSA) is 72.7 Å². The fourth-order valence-corrected chi connectivity index (χ4v) is 4.88. The van der Waals surface area contributed by atoms with Gasteiger partial charge in [0.15, 0.2) is 5.65 Å². The number of aromatic nitrogens is 4. The standard InChI is InChI=1S/C28H26FN5OS/c29-22-14-12-21(13-15-22)19-34-24-10-5-4-9-23(24)26-27(34)31-28(33-32-26)36-18-6-11-25(35)30-17-16-20-7-2-1-3-8-20/h1-5,7-10,12-15H,6,11,16-19H2,(H,30,35). The number of thioether (sulfide) groups is 1. The van der Waals surface area contributed by atoms with Crippen molar-refractivity contribution in [3.05, 3.63) is 95.8 Å². The van der Waals surface area contributed by atoms with Gasteiger partial charge in [0, 0.05) is 30.6 Å². The zero-order valence-electron chi connectivity index (χ0n) is 19.7. The number of nitrogens with one attached hydrogen (secondary N) is 1. The zero-order chi connectivity index (χ0) is 24.7. The first-order valence-corrected chi connectivity index (χ1v) is 13.0. The molecule has 0 bridgehead atoms. The molecule has 0 spiro atoms. The van der Waals surface area contributed by atoms with Crippen molar-refractivity contribution in [1.29, 1.82) is 0 Å². The second-order valence-corrected chi connectivity index (χ2v) is 9.60. The van der Waals surface area contributed by atoms with Crippen LogP contribution in [0.4, 0.5) is 4.39 Å². The Kier molecular flexibility index (Phi) is 7.52. The quantitative estimate of drug-likeness (QED) is 0.206. The fraction of sp³-hybridized carbons (Fsp3) is 0.214. The van der Waals surface area contributed by atoms with Crippen molar-refractivity contribution >= 4 is 39.7 Å². The second-order valence-electron chi connectivity index (χ2n) is 8.53. The minimum absolute atomic E-state index is 0.0560. The summed E-state index contributed by atoms with van der Waals surface area (Å²) in [5.74, 6) is 0.520. The van der Waals surface area contributed by atoms with Gasteiger partial charge in [0.05, 0.1) is 5.52 Å². The summed E-state index contributed by atoms with van der Waals surface area (Å²) in [5, 5.41) is 13.4. The highest BCUT2D eigenvalue weighted by atomic mass is 32.2. The second kappa shape index (κ2) is 11.3. The van der Waals surface area contributed by atoms with Crippen molar-refractivity contribution in [2.24, 2.45) is 0 Å². The summed E-state index contributed by atoms with van der Waals surface area (Å²) in [4.78, 5) is 17.0. The van der Waals surface area contributed by atoms with E-state index >= 15 is 0 Å². The van der Waals surface area contributed by atoms with E-state index in [9.17, 15) is 9.18 Å². The van der Waals surface area contributed by atoms with Crippen molar-refractivity contribution in [3.8, 4) is 0 Å². The molecule has 0 atom stereocenters. The van der Waals surface area contributed by atoms with Gasteiger partial charge in [-0.3, -0.25) is 4.79 Å². The lowest BCUT2D eigenvalue weighted by molar-refractivity contribution is -0.121. The molecule has 5 aromatic rings. The Hall–Kier alpha value is -3.78. The first-order valence-electron chi connectivity index (χ1n) is 12.0. The lowest BCUT2D eigenvalue weighted by Gasteiger charge is -2.07. The van der Waals surface area contributed by atoms with Crippen molar-refractivity contribution in [2.75, 3.05) is 12.3 Å². The third kappa shape index (κ3) is 5.71. The van der Waals surface area contributed by atoms with Crippen LogP contribution in [0.5, 0.6) is 0 Å². The summed E-state index contributed by atoms with van der Waals surface area (Å²) in [6.45, 7) is 1.19.